The topological polar surface area (TPSA) is 71.6 Å². The summed E-state index contributed by atoms with van der Waals surface area (Å²) >= 11 is 23.1. The van der Waals surface area contributed by atoms with Crippen molar-refractivity contribution in [3.05, 3.63) is 60.2 Å². The average molecular weight is 477 g/mol. The smallest absolute Gasteiger partial charge is 0.409 e. The summed E-state index contributed by atoms with van der Waals surface area (Å²) < 4.78 is 8.65. The summed E-state index contributed by atoms with van der Waals surface area (Å²) in [5, 5.41) is 8.30. The predicted octanol–water partition coefficient (Wildman–Crippen LogP) is 4.99. The molecule has 0 heterocycles. The van der Waals surface area contributed by atoms with E-state index in [1.807, 2.05) is 37.3 Å². The summed E-state index contributed by atoms with van der Waals surface area (Å²) in [6.07, 6.45) is -1.89. The summed E-state index contributed by atoms with van der Waals surface area (Å²) in [5.74, 6) is 0.735. The lowest BCUT2D eigenvalue weighted by atomic mass is 10.2. The molecule has 0 bridgehead atoms. The van der Waals surface area contributed by atoms with E-state index in [-0.39, 0.29) is 11.7 Å². The van der Waals surface area contributed by atoms with Crippen molar-refractivity contribution in [2.75, 3.05) is 11.9 Å². The van der Waals surface area contributed by atoms with Crippen molar-refractivity contribution >= 4 is 63.9 Å². The van der Waals surface area contributed by atoms with E-state index < -0.39 is 16.1 Å². The number of carbonyl (C=O) groups excluding carboxylic acids is 1. The van der Waals surface area contributed by atoms with Crippen molar-refractivity contribution in [3.63, 3.8) is 0 Å². The quantitative estimate of drug-likeness (QED) is 0.297. The standard InChI is InChI=1S/C19H20Cl3N3O3S/c1-2-27-15-10-8-14(9-11-15)23-17(29)24-16(19(20,21)22)25-18(26)28-12-13-6-4-3-5-7-13/h3-11,16H,2,12H2,1H3,(H,25,26)(H2,23,24,29)/t16-/m1/s1. The second-order valence-electron chi connectivity index (χ2n) is 5.74. The number of halogens is 3. The minimum absolute atomic E-state index is 0.0775. The summed E-state index contributed by atoms with van der Waals surface area (Å²) in [4.78, 5) is 12.1. The third kappa shape index (κ3) is 8.53. The van der Waals surface area contributed by atoms with E-state index >= 15 is 0 Å². The van der Waals surface area contributed by atoms with Crippen molar-refractivity contribution in [2.24, 2.45) is 0 Å². The van der Waals surface area contributed by atoms with Gasteiger partial charge in [-0.2, -0.15) is 0 Å². The monoisotopic (exact) mass is 475 g/mol. The molecular formula is C19H20Cl3N3O3S. The third-order valence-corrected chi connectivity index (χ3v) is 4.38. The number of alkyl halides is 3. The molecule has 0 aliphatic carbocycles. The van der Waals surface area contributed by atoms with E-state index in [4.69, 9.17) is 56.5 Å². The summed E-state index contributed by atoms with van der Waals surface area (Å²) in [6.45, 7) is 2.55. The Morgan fingerprint density at radius 1 is 1.07 bits per heavy atom. The van der Waals surface area contributed by atoms with E-state index in [1.165, 1.54) is 0 Å². The molecule has 0 spiro atoms. The van der Waals surface area contributed by atoms with Gasteiger partial charge in [0.1, 0.15) is 12.4 Å². The van der Waals surface area contributed by atoms with Crippen molar-refractivity contribution in [1.82, 2.24) is 10.6 Å². The van der Waals surface area contributed by atoms with Crippen LogP contribution in [0, 0.1) is 0 Å². The predicted molar refractivity (Wildman–Crippen MR) is 121 cm³/mol. The lowest BCUT2D eigenvalue weighted by Crippen LogP contribution is -2.56. The van der Waals surface area contributed by atoms with Crippen LogP contribution < -0.4 is 20.7 Å². The van der Waals surface area contributed by atoms with Crippen LogP contribution in [0.2, 0.25) is 0 Å². The number of rotatable bonds is 7. The molecular weight excluding hydrogens is 457 g/mol. The fourth-order valence-electron chi connectivity index (χ4n) is 2.18. The average Bonchev–Trinajstić information content (AvgIpc) is 2.68. The zero-order valence-electron chi connectivity index (χ0n) is 15.5. The van der Waals surface area contributed by atoms with Crippen LogP contribution in [0.25, 0.3) is 0 Å². The normalized spacial score (nSPS) is 11.9. The second-order valence-corrected chi connectivity index (χ2v) is 8.51. The van der Waals surface area contributed by atoms with Crippen molar-refractivity contribution in [2.45, 2.75) is 23.5 Å². The van der Waals surface area contributed by atoms with Crippen LogP contribution in [0.3, 0.4) is 0 Å². The molecule has 29 heavy (non-hydrogen) atoms. The van der Waals surface area contributed by atoms with Crippen molar-refractivity contribution in [3.8, 4) is 5.75 Å². The number of hydrogen-bond acceptors (Lipinski definition) is 4. The fourth-order valence-corrected chi connectivity index (χ4v) is 2.74. The Hall–Kier alpha value is -1.93. The summed E-state index contributed by atoms with van der Waals surface area (Å²) in [7, 11) is 0. The van der Waals surface area contributed by atoms with Crippen LogP contribution in [0.5, 0.6) is 5.75 Å². The molecule has 0 saturated heterocycles. The first kappa shape index (κ1) is 23.3. The first-order valence-electron chi connectivity index (χ1n) is 8.62. The third-order valence-electron chi connectivity index (χ3n) is 3.50. The Balaban J connectivity index is 1.90. The van der Waals surface area contributed by atoms with Crippen LogP contribution in [-0.2, 0) is 11.3 Å². The summed E-state index contributed by atoms with van der Waals surface area (Å²) in [6, 6.07) is 16.3. The van der Waals surface area contributed by atoms with Gasteiger partial charge in [-0.1, -0.05) is 65.1 Å². The zero-order valence-corrected chi connectivity index (χ0v) is 18.5. The van der Waals surface area contributed by atoms with Crippen molar-refractivity contribution in [1.29, 1.82) is 0 Å². The number of alkyl carbamates (subject to hydrolysis) is 1. The highest BCUT2D eigenvalue weighted by Gasteiger charge is 2.35. The van der Waals surface area contributed by atoms with Crippen molar-refractivity contribution < 1.29 is 14.3 Å². The van der Waals surface area contributed by atoms with E-state index in [1.54, 1.807) is 24.3 Å². The van der Waals surface area contributed by atoms with Gasteiger partial charge in [0.2, 0.25) is 3.79 Å². The van der Waals surface area contributed by atoms with Crippen LogP contribution in [0.4, 0.5) is 10.5 Å². The van der Waals surface area contributed by atoms with Gasteiger partial charge in [0.05, 0.1) is 6.61 Å². The number of anilines is 1. The number of nitrogens with one attached hydrogen (secondary N) is 3. The Labute approximate surface area is 189 Å². The minimum atomic E-state index is -1.88. The second kappa shape index (κ2) is 11.3. The number of hydrogen-bond donors (Lipinski definition) is 3. The molecule has 156 valence electrons. The largest absolute Gasteiger partial charge is 0.494 e. The Morgan fingerprint density at radius 3 is 2.31 bits per heavy atom. The van der Waals surface area contributed by atoms with E-state index in [0.29, 0.717) is 12.3 Å². The highest BCUT2D eigenvalue weighted by Crippen LogP contribution is 2.29. The molecule has 0 aliphatic rings. The Bertz CT molecular complexity index is 802. The number of amides is 1. The maximum Gasteiger partial charge on any atom is 0.409 e. The first-order valence-corrected chi connectivity index (χ1v) is 10.2. The van der Waals surface area contributed by atoms with Gasteiger partial charge in [0, 0.05) is 5.69 Å². The van der Waals surface area contributed by atoms with Gasteiger partial charge in [-0.25, -0.2) is 4.79 Å². The van der Waals surface area contributed by atoms with Gasteiger partial charge in [-0.15, -0.1) is 0 Å². The summed E-state index contributed by atoms with van der Waals surface area (Å²) in [5.41, 5.74) is 1.52. The molecule has 0 saturated carbocycles. The zero-order chi connectivity index (χ0) is 21.3. The maximum absolute atomic E-state index is 12.1. The Kier molecular flexibility index (Phi) is 9.10. The number of carbonyl (C=O) groups is 1. The lowest BCUT2D eigenvalue weighted by Gasteiger charge is -2.27. The van der Waals surface area contributed by atoms with Crippen LogP contribution >= 0.6 is 47.0 Å². The lowest BCUT2D eigenvalue weighted by molar-refractivity contribution is 0.135. The number of thiocarbonyl (C=S) groups is 1. The van der Waals surface area contributed by atoms with Crippen LogP contribution in [-0.4, -0.2) is 27.8 Å². The molecule has 0 aromatic heterocycles. The highest BCUT2D eigenvalue weighted by atomic mass is 35.6. The highest BCUT2D eigenvalue weighted by molar-refractivity contribution is 7.80. The van der Waals surface area contributed by atoms with Gasteiger partial charge < -0.3 is 20.1 Å². The van der Waals surface area contributed by atoms with E-state index in [0.717, 1.165) is 11.3 Å². The van der Waals surface area contributed by atoms with Gasteiger partial charge in [0.15, 0.2) is 11.3 Å². The molecule has 3 N–H and O–H groups in total. The minimum Gasteiger partial charge on any atom is -0.494 e. The van der Waals surface area contributed by atoms with Crippen LogP contribution in [0.1, 0.15) is 12.5 Å². The number of ether oxygens (including phenoxy) is 2. The molecule has 0 radical (unpaired) electrons. The molecule has 0 aliphatic heterocycles. The SMILES string of the molecule is CCOc1ccc(NC(=S)N[C@H](NC(=O)OCc2ccccc2)C(Cl)(Cl)Cl)cc1. The van der Waals surface area contributed by atoms with Crippen LogP contribution in [0.15, 0.2) is 54.6 Å². The van der Waals surface area contributed by atoms with E-state index in [2.05, 4.69) is 16.0 Å². The molecule has 10 heteroatoms. The van der Waals surface area contributed by atoms with Gasteiger partial charge in [0.25, 0.3) is 0 Å². The molecule has 6 nitrogen and oxygen atoms in total. The van der Waals surface area contributed by atoms with Gasteiger partial charge in [-0.05, 0) is 49.0 Å². The molecule has 1 amide bonds. The molecule has 1 atom stereocenters. The van der Waals surface area contributed by atoms with Gasteiger partial charge >= 0.3 is 6.09 Å². The molecule has 2 aromatic carbocycles. The maximum atomic E-state index is 12.1. The first-order chi connectivity index (χ1) is 13.8. The number of benzene rings is 2. The molecule has 0 fully saturated rings. The Morgan fingerprint density at radius 2 is 1.72 bits per heavy atom. The molecule has 2 aromatic rings. The van der Waals surface area contributed by atoms with E-state index in [9.17, 15) is 4.79 Å². The molecule has 2 rings (SSSR count). The molecule has 0 unspecified atom stereocenters. The van der Waals surface area contributed by atoms with Gasteiger partial charge in [-0.3, -0.25) is 5.32 Å². The fraction of sp³-hybridized carbons (Fsp3) is 0.263.